The second kappa shape index (κ2) is 5.67. The summed E-state index contributed by atoms with van der Waals surface area (Å²) in [7, 11) is 0. The van der Waals surface area contributed by atoms with E-state index in [1.165, 1.54) is 22.3 Å². The Morgan fingerprint density at radius 2 is 1.58 bits per heavy atom. The summed E-state index contributed by atoms with van der Waals surface area (Å²) in [6.45, 7) is 0. The molecule has 0 amide bonds. The van der Waals surface area contributed by atoms with Crippen molar-refractivity contribution in [2.45, 2.75) is 0 Å². The molecule has 0 atom stereocenters. The Morgan fingerprint density at radius 1 is 1.17 bits per heavy atom. The summed E-state index contributed by atoms with van der Waals surface area (Å²) >= 11 is 12.7. The Labute approximate surface area is 109 Å². The molecule has 0 aliphatic rings. The first-order valence-electron chi connectivity index (χ1n) is 2.77. The van der Waals surface area contributed by atoms with Gasteiger partial charge in [0.15, 0.2) is 0 Å². The molecule has 1 aromatic carbocycles. The van der Waals surface area contributed by atoms with E-state index in [1.807, 2.05) is 0 Å². The summed E-state index contributed by atoms with van der Waals surface area (Å²) in [5.41, 5.74) is 0.548. The van der Waals surface area contributed by atoms with Crippen LogP contribution < -0.4 is 0 Å². The van der Waals surface area contributed by atoms with E-state index in [4.69, 9.17) is 23.2 Å². The van der Waals surface area contributed by atoms with Crippen LogP contribution in [0.15, 0.2) is 18.2 Å². The smallest absolute Gasteiger partial charge is 0 e. The molecule has 0 saturated heterocycles. The van der Waals surface area contributed by atoms with Gasteiger partial charge in [-0.1, -0.05) is 0 Å². The van der Waals surface area contributed by atoms with E-state index in [0.29, 0.717) is 15.6 Å². The number of hydrogen-bond donors (Lipinski definition) is 0. The molecular formula is C7H3AuCl2OTe. The number of hydrogen-bond acceptors (Lipinski definition) is 1. The Balaban J connectivity index is 0.00000121. The molecular weight excluding hydrogens is 496 g/mol. The average molecular weight is 499 g/mol. The van der Waals surface area contributed by atoms with Crippen LogP contribution in [0.25, 0.3) is 0 Å². The zero-order valence-corrected chi connectivity index (χ0v) is 11.6. The minimum Gasteiger partial charge on any atom is 0 e. The van der Waals surface area contributed by atoms with Gasteiger partial charge < -0.3 is 0 Å². The van der Waals surface area contributed by atoms with Gasteiger partial charge in [-0.05, 0) is 0 Å². The Bertz CT molecular complexity index is 283. The van der Waals surface area contributed by atoms with E-state index >= 15 is 0 Å². The minimum atomic E-state index is -0.0230. The molecule has 0 N–H and O–H groups in total. The zero-order valence-electron chi connectivity index (χ0n) is 5.61. The number of rotatable bonds is 1. The first-order valence-corrected chi connectivity index (χ1v) is 4.69. The fourth-order valence-electron chi connectivity index (χ4n) is 0.672. The molecule has 0 saturated carbocycles. The van der Waals surface area contributed by atoms with E-state index in [-0.39, 0.29) is 26.2 Å². The van der Waals surface area contributed by atoms with Gasteiger partial charge in [-0.15, -0.1) is 0 Å². The van der Waals surface area contributed by atoms with Gasteiger partial charge in [0.2, 0.25) is 0 Å². The largest absolute Gasteiger partial charge is 0 e. The molecule has 0 fully saturated rings. The summed E-state index contributed by atoms with van der Waals surface area (Å²) in [5.74, 6) is 0. The first kappa shape index (κ1) is 13.0. The van der Waals surface area contributed by atoms with Crippen LogP contribution in [0.1, 0.15) is 10.4 Å². The van der Waals surface area contributed by atoms with Crippen molar-refractivity contribution in [3.8, 4) is 0 Å². The van der Waals surface area contributed by atoms with Crippen LogP contribution in [-0.4, -0.2) is 26.1 Å². The maximum Gasteiger partial charge on any atom is 0 e. The molecule has 0 aliphatic heterocycles. The average Bonchev–Trinajstić information content (AvgIpc) is 1.85. The third kappa shape index (κ3) is 3.81. The molecule has 68 valence electrons. The molecule has 2 radical (unpaired) electrons. The number of carbonyl (C=O) groups is 1. The molecule has 0 unspecified atom stereocenters. The standard InChI is InChI=1S/C7H3Cl2OTe.Au/c8-5-1-4(7(10)11)2-6(9)3-5;/h1-3H;. The Kier molecular flexibility index (Phi) is 6.14. The summed E-state index contributed by atoms with van der Waals surface area (Å²) in [5, 5.41) is 0.980. The summed E-state index contributed by atoms with van der Waals surface area (Å²) in [4.78, 5) is 10.8. The zero-order chi connectivity index (χ0) is 8.43. The third-order valence-electron chi connectivity index (χ3n) is 1.10. The van der Waals surface area contributed by atoms with Crippen molar-refractivity contribution >= 4 is 49.3 Å². The van der Waals surface area contributed by atoms with Crippen molar-refractivity contribution in [2.75, 3.05) is 0 Å². The van der Waals surface area contributed by atoms with Crippen LogP contribution in [0, 0.1) is 0 Å². The van der Waals surface area contributed by atoms with E-state index in [0.717, 1.165) is 0 Å². The fourth-order valence-corrected chi connectivity index (χ4v) is 1.53. The van der Waals surface area contributed by atoms with Gasteiger partial charge in [0.05, 0.1) is 0 Å². The van der Waals surface area contributed by atoms with Gasteiger partial charge in [-0.25, -0.2) is 0 Å². The summed E-state index contributed by atoms with van der Waals surface area (Å²) in [6, 6.07) is 4.78. The van der Waals surface area contributed by atoms with Crippen LogP contribution in [0.2, 0.25) is 10.0 Å². The number of carbonyl (C=O) groups excluding carboxylic acids is 1. The van der Waals surface area contributed by atoms with Gasteiger partial charge in [0.25, 0.3) is 0 Å². The van der Waals surface area contributed by atoms with Crippen LogP contribution >= 0.6 is 23.2 Å². The van der Waals surface area contributed by atoms with Crippen molar-refractivity contribution in [3.05, 3.63) is 33.8 Å². The molecule has 12 heavy (non-hydrogen) atoms. The molecule has 0 bridgehead atoms. The van der Waals surface area contributed by atoms with Crippen LogP contribution in [-0.2, 0) is 22.4 Å². The monoisotopic (exact) mass is 500 g/mol. The maximum atomic E-state index is 10.8. The van der Waals surface area contributed by atoms with E-state index in [2.05, 4.69) is 0 Å². The van der Waals surface area contributed by atoms with Crippen molar-refractivity contribution in [1.82, 2.24) is 0 Å². The molecule has 1 nitrogen and oxygen atoms in total. The Hall–Kier alpha value is 1.000. The topological polar surface area (TPSA) is 17.1 Å². The SMILES string of the molecule is O=C([Te])c1cc(Cl)cc(Cl)c1.[Au]. The minimum absolute atomic E-state index is 0. The van der Waals surface area contributed by atoms with E-state index in [9.17, 15) is 4.79 Å². The molecule has 0 aliphatic carbocycles. The third-order valence-corrected chi connectivity index (χ3v) is 2.21. The Morgan fingerprint density at radius 3 is 1.92 bits per heavy atom. The van der Waals surface area contributed by atoms with Gasteiger partial charge in [-0.2, -0.15) is 0 Å². The first-order chi connectivity index (χ1) is 5.09. The number of benzene rings is 1. The maximum absolute atomic E-state index is 10.8. The number of halogens is 2. The van der Waals surface area contributed by atoms with E-state index < -0.39 is 0 Å². The second-order valence-corrected chi connectivity index (χ2v) is 3.88. The van der Waals surface area contributed by atoms with Gasteiger partial charge in [-0.3, -0.25) is 0 Å². The van der Waals surface area contributed by atoms with Crippen LogP contribution in [0.3, 0.4) is 0 Å². The van der Waals surface area contributed by atoms with Crippen molar-refractivity contribution in [3.63, 3.8) is 0 Å². The normalized spacial score (nSPS) is 8.83. The predicted molar refractivity (Wildman–Crippen MR) is 46.5 cm³/mol. The molecule has 0 spiro atoms. The van der Waals surface area contributed by atoms with E-state index in [1.54, 1.807) is 18.2 Å². The predicted octanol–water partition coefficient (Wildman–Crippen LogP) is 2.30. The second-order valence-electron chi connectivity index (χ2n) is 1.95. The molecule has 0 aromatic heterocycles. The van der Waals surface area contributed by atoms with Crippen molar-refractivity contribution in [1.29, 1.82) is 0 Å². The van der Waals surface area contributed by atoms with Crippen LogP contribution in [0.5, 0.6) is 0 Å². The molecule has 0 heterocycles. The molecule has 1 aromatic rings. The quantitative estimate of drug-likeness (QED) is 0.544. The fraction of sp³-hybridized carbons (Fsp3) is 0. The van der Waals surface area contributed by atoms with Crippen molar-refractivity contribution < 1.29 is 27.2 Å². The summed E-state index contributed by atoms with van der Waals surface area (Å²) in [6.07, 6.45) is 0. The molecule has 5 heteroatoms. The van der Waals surface area contributed by atoms with Gasteiger partial charge in [0.1, 0.15) is 0 Å². The molecule has 1 rings (SSSR count). The van der Waals surface area contributed by atoms with Gasteiger partial charge in [0, 0.05) is 22.4 Å². The summed E-state index contributed by atoms with van der Waals surface area (Å²) < 4.78 is -0.0230. The van der Waals surface area contributed by atoms with Crippen LogP contribution in [0.4, 0.5) is 0 Å². The van der Waals surface area contributed by atoms with Gasteiger partial charge >= 0.3 is 87.9 Å². The van der Waals surface area contributed by atoms with Crippen molar-refractivity contribution in [2.24, 2.45) is 0 Å².